The number of H-pyrrole nitrogens is 1. The van der Waals surface area contributed by atoms with Gasteiger partial charge in [-0.1, -0.05) is 42.5 Å². The zero-order valence-corrected chi connectivity index (χ0v) is 13.3. The van der Waals surface area contributed by atoms with Crippen molar-refractivity contribution >= 4 is 59.2 Å². The first-order chi connectivity index (χ1) is 10.8. The Morgan fingerprint density at radius 1 is 0.591 bits per heavy atom. The predicted octanol–water partition coefficient (Wildman–Crippen LogP) is 6.39. The number of benzene rings is 4. The first-order valence-electron chi connectivity index (χ1n) is 7.32. The van der Waals surface area contributed by atoms with E-state index in [1.165, 1.54) is 43.2 Å². The van der Waals surface area contributed by atoms with Gasteiger partial charge in [-0.25, -0.2) is 0 Å². The van der Waals surface area contributed by atoms with E-state index in [1.54, 1.807) is 0 Å². The molecule has 4 aromatic carbocycles. The summed E-state index contributed by atoms with van der Waals surface area (Å²) < 4.78 is 1.02. The highest BCUT2D eigenvalue weighted by molar-refractivity contribution is 9.10. The molecule has 1 N–H and O–H groups in total. The second-order valence-electron chi connectivity index (χ2n) is 5.73. The highest BCUT2D eigenvalue weighted by atomic mass is 79.9. The molecule has 2 heteroatoms. The molecule has 5 rings (SSSR count). The molecule has 0 unspecified atom stereocenters. The number of hydrogen-bond acceptors (Lipinski definition) is 0. The van der Waals surface area contributed by atoms with Crippen molar-refractivity contribution in [1.29, 1.82) is 0 Å². The second kappa shape index (κ2) is 4.34. The minimum absolute atomic E-state index is 1.02. The maximum absolute atomic E-state index is 3.54. The molecule has 0 aliphatic heterocycles. The van der Waals surface area contributed by atoms with Crippen LogP contribution in [0.25, 0.3) is 43.2 Å². The first-order valence-corrected chi connectivity index (χ1v) is 8.11. The predicted molar refractivity (Wildman–Crippen MR) is 98.5 cm³/mol. The third-order valence-corrected chi connectivity index (χ3v) is 4.88. The molecular weight excluding hydrogens is 334 g/mol. The maximum Gasteiger partial charge on any atom is 0.0831 e. The van der Waals surface area contributed by atoms with Crippen molar-refractivity contribution in [2.24, 2.45) is 0 Å². The van der Waals surface area contributed by atoms with E-state index in [0.29, 0.717) is 0 Å². The molecule has 0 spiro atoms. The average molecular weight is 346 g/mol. The van der Waals surface area contributed by atoms with Crippen molar-refractivity contribution < 1.29 is 0 Å². The molecule has 0 radical (unpaired) electrons. The van der Waals surface area contributed by atoms with Crippen LogP contribution >= 0.6 is 15.9 Å². The van der Waals surface area contributed by atoms with Crippen LogP contribution in [0.2, 0.25) is 0 Å². The molecular formula is C20H12BrN. The van der Waals surface area contributed by atoms with Gasteiger partial charge in [0, 0.05) is 10.9 Å². The van der Waals surface area contributed by atoms with Crippen molar-refractivity contribution in [2.75, 3.05) is 0 Å². The van der Waals surface area contributed by atoms with Gasteiger partial charge in [0.1, 0.15) is 0 Å². The summed E-state index contributed by atoms with van der Waals surface area (Å²) >= 11 is 3.54. The van der Waals surface area contributed by atoms with Crippen molar-refractivity contribution in [1.82, 2.24) is 4.98 Å². The summed E-state index contributed by atoms with van der Waals surface area (Å²) in [6.07, 6.45) is 0. The molecule has 22 heavy (non-hydrogen) atoms. The van der Waals surface area contributed by atoms with Crippen molar-refractivity contribution in [3.8, 4) is 0 Å². The van der Waals surface area contributed by atoms with Gasteiger partial charge in [0.15, 0.2) is 0 Å². The molecule has 0 bridgehead atoms. The van der Waals surface area contributed by atoms with Gasteiger partial charge >= 0.3 is 0 Å². The summed E-state index contributed by atoms with van der Waals surface area (Å²) in [5.41, 5.74) is 1.17. The molecule has 0 amide bonds. The monoisotopic (exact) mass is 345 g/mol. The van der Waals surface area contributed by atoms with Crippen LogP contribution in [0, 0.1) is 0 Å². The van der Waals surface area contributed by atoms with Crippen LogP contribution < -0.4 is 0 Å². The average Bonchev–Trinajstić information content (AvgIpc) is 2.93. The number of rotatable bonds is 0. The van der Waals surface area contributed by atoms with E-state index in [1.807, 2.05) is 0 Å². The van der Waals surface area contributed by atoms with E-state index in [9.17, 15) is 0 Å². The van der Waals surface area contributed by atoms with Crippen LogP contribution in [0.3, 0.4) is 0 Å². The highest BCUT2D eigenvalue weighted by Gasteiger charge is 2.07. The summed E-state index contributed by atoms with van der Waals surface area (Å²) in [5.74, 6) is 0. The number of aromatic nitrogens is 1. The molecule has 104 valence electrons. The van der Waals surface area contributed by atoms with Gasteiger partial charge < -0.3 is 4.98 Å². The normalized spacial score (nSPS) is 11.9. The van der Waals surface area contributed by atoms with Gasteiger partial charge in [-0.2, -0.15) is 0 Å². The van der Waals surface area contributed by atoms with Gasteiger partial charge in [0.2, 0.25) is 0 Å². The van der Waals surface area contributed by atoms with Crippen LogP contribution in [0.15, 0.2) is 71.3 Å². The van der Waals surface area contributed by atoms with E-state index in [0.717, 1.165) is 4.60 Å². The van der Waals surface area contributed by atoms with E-state index in [-0.39, 0.29) is 0 Å². The topological polar surface area (TPSA) is 15.8 Å². The van der Waals surface area contributed by atoms with E-state index in [4.69, 9.17) is 0 Å². The molecule has 0 atom stereocenters. The SMILES string of the molecule is Brc1cc2c(ccc3c4cc5ccccc5cc4ccc23)[nH]1. The van der Waals surface area contributed by atoms with Crippen molar-refractivity contribution in [2.45, 2.75) is 0 Å². The molecule has 1 heterocycles. The number of hydrogen-bond donors (Lipinski definition) is 1. The van der Waals surface area contributed by atoms with E-state index >= 15 is 0 Å². The smallest absolute Gasteiger partial charge is 0.0831 e. The molecule has 0 aliphatic rings. The zero-order valence-electron chi connectivity index (χ0n) is 11.7. The number of nitrogens with one attached hydrogen (secondary N) is 1. The lowest BCUT2D eigenvalue weighted by Crippen LogP contribution is -1.80. The third-order valence-electron chi connectivity index (χ3n) is 4.45. The van der Waals surface area contributed by atoms with Gasteiger partial charge in [-0.05, 0) is 72.5 Å². The highest BCUT2D eigenvalue weighted by Crippen LogP contribution is 2.34. The van der Waals surface area contributed by atoms with Crippen LogP contribution in [-0.4, -0.2) is 4.98 Å². The minimum Gasteiger partial charge on any atom is -0.349 e. The Morgan fingerprint density at radius 3 is 2.18 bits per heavy atom. The molecule has 0 aliphatic carbocycles. The fourth-order valence-corrected chi connectivity index (χ4v) is 3.85. The van der Waals surface area contributed by atoms with Crippen molar-refractivity contribution in [3.63, 3.8) is 0 Å². The van der Waals surface area contributed by atoms with Gasteiger partial charge in [0.25, 0.3) is 0 Å². The lowest BCUT2D eigenvalue weighted by molar-refractivity contribution is 1.42. The zero-order chi connectivity index (χ0) is 14.7. The van der Waals surface area contributed by atoms with E-state index in [2.05, 4.69) is 87.6 Å². The summed E-state index contributed by atoms with van der Waals surface area (Å²) in [6.45, 7) is 0. The minimum atomic E-state index is 1.02. The van der Waals surface area contributed by atoms with Crippen LogP contribution in [0.5, 0.6) is 0 Å². The number of aromatic amines is 1. The van der Waals surface area contributed by atoms with Crippen LogP contribution in [-0.2, 0) is 0 Å². The molecule has 0 fully saturated rings. The summed E-state index contributed by atoms with van der Waals surface area (Å²) in [6, 6.07) is 24.1. The molecule has 1 nitrogen and oxygen atoms in total. The molecule has 0 saturated carbocycles. The lowest BCUT2D eigenvalue weighted by atomic mass is 9.97. The van der Waals surface area contributed by atoms with Gasteiger partial charge in [-0.15, -0.1) is 0 Å². The Labute approximate surface area is 135 Å². The molecule has 1 aromatic heterocycles. The Kier molecular flexibility index (Phi) is 2.42. The molecule has 0 saturated heterocycles. The third kappa shape index (κ3) is 1.65. The summed E-state index contributed by atoms with van der Waals surface area (Å²) in [4.78, 5) is 3.34. The summed E-state index contributed by atoms with van der Waals surface area (Å²) in [5, 5.41) is 9.05. The Morgan fingerprint density at radius 2 is 1.32 bits per heavy atom. The maximum atomic E-state index is 3.54. The van der Waals surface area contributed by atoms with Crippen molar-refractivity contribution in [3.05, 3.63) is 71.3 Å². The second-order valence-corrected chi connectivity index (χ2v) is 6.58. The van der Waals surface area contributed by atoms with Gasteiger partial charge in [0.05, 0.1) is 4.60 Å². The fraction of sp³-hybridized carbons (Fsp3) is 0. The van der Waals surface area contributed by atoms with E-state index < -0.39 is 0 Å². The quantitative estimate of drug-likeness (QED) is 0.247. The van der Waals surface area contributed by atoms with Crippen LogP contribution in [0.1, 0.15) is 0 Å². The number of fused-ring (bicyclic) bond motifs is 6. The summed E-state index contributed by atoms with van der Waals surface area (Å²) in [7, 11) is 0. The van der Waals surface area contributed by atoms with Gasteiger partial charge in [-0.3, -0.25) is 0 Å². The Hall–Kier alpha value is -2.32. The first kappa shape index (κ1) is 12.2. The Balaban J connectivity index is 2.01. The lowest BCUT2D eigenvalue weighted by Gasteiger charge is -2.07. The molecule has 5 aromatic rings. The largest absolute Gasteiger partial charge is 0.349 e. The fourth-order valence-electron chi connectivity index (χ4n) is 3.41. The van der Waals surface area contributed by atoms with Crippen LogP contribution in [0.4, 0.5) is 0 Å². The standard InChI is InChI=1S/C20H12BrN/c21-20-11-18-16-6-5-14-9-12-3-1-2-4-13(12)10-17(14)15(16)7-8-19(18)22-20/h1-11,22H. The Bertz CT molecular complexity index is 1180. The number of halogens is 1.